The molecule has 2 aliphatic rings. The number of fused-ring (bicyclic) bond motifs is 6. The van der Waals surface area contributed by atoms with E-state index in [1.165, 1.54) is 80.4 Å². The largest absolute Gasteiger partial charge is 0.512 e. The molecule has 3 nitrogen and oxygen atoms in total. The maximum absolute atomic E-state index is 12.0. The van der Waals surface area contributed by atoms with Gasteiger partial charge in [0, 0.05) is 52.8 Å². The van der Waals surface area contributed by atoms with E-state index in [0.717, 1.165) is 42.5 Å². The Balaban J connectivity index is 0.000000179. The van der Waals surface area contributed by atoms with Crippen molar-refractivity contribution in [1.29, 1.82) is 0 Å². The van der Waals surface area contributed by atoms with E-state index in [1.54, 1.807) is 6.08 Å². The van der Waals surface area contributed by atoms with Gasteiger partial charge in [-0.15, -0.1) is 34.6 Å². The number of para-hydroxylation sites is 1. The van der Waals surface area contributed by atoms with Crippen molar-refractivity contribution in [3.63, 3.8) is 0 Å². The van der Waals surface area contributed by atoms with Gasteiger partial charge in [0.2, 0.25) is 0 Å². The molecule has 0 bridgehead atoms. The fraction of sp³-hybridized carbons (Fsp3) is 0.317. The van der Waals surface area contributed by atoms with Crippen LogP contribution in [-0.2, 0) is 24.9 Å². The molecule has 0 saturated heterocycles. The van der Waals surface area contributed by atoms with Gasteiger partial charge in [-0.25, -0.2) is 0 Å². The van der Waals surface area contributed by atoms with E-state index < -0.39 is 0 Å². The quantitative estimate of drug-likeness (QED) is 0.110. The van der Waals surface area contributed by atoms with Crippen molar-refractivity contribution >= 4 is 59.0 Å². The Labute approximate surface area is 289 Å². The summed E-state index contributed by atoms with van der Waals surface area (Å²) >= 11 is 1.86. The number of hydrogen-bond acceptors (Lipinski definition) is 4. The average Bonchev–Trinajstić information content (AvgIpc) is 3.50. The zero-order valence-corrected chi connectivity index (χ0v) is 29.6. The zero-order valence-electron chi connectivity index (χ0n) is 26.4. The van der Waals surface area contributed by atoms with Crippen molar-refractivity contribution in [3.05, 3.63) is 102 Å². The Morgan fingerprint density at radius 1 is 0.804 bits per heavy atom. The SMILES string of the molecule is Cc1c(-c2nc3ccccc3c3sc4ccccc4c23)[c-]cc2ccccc12.O=C(/C=C(\O)C1CCCCC1)C1CCCCC1.[Ir]. The number of hydrogen-bond donors (Lipinski definition) is 1. The van der Waals surface area contributed by atoms with Crippen LogP contribution in [0.3, 0.4) is 0 Å². The van der Waals surface area contributed by atoms with Crippen LogP contribution in [-0.4, -0.2) is 15.9 Å². The van der Waals surface area contributed by atoms with Gasteiger partial charge >= 0.3 is 0 Å². The first-order valence-corrected chi connectivity index (χ1v) is 17.4. The normalized spacial score (nSPS) is 16.3. The Kier molecular flexibility index (Phi) is 10.3. The fourth-order valence-electron chi connectivity index (χ4n) is 7.36. The number of aryl methyl sites for hydroxylation is 1. The number of aliphatic hydroxyl groups excluding tert-OH is 1. The molecule has 0 unspecified atom stereocenters. The summed E-state index contributed by atoms with van der Waals surface area (Å²) < 4.78 is 2.61. The number of pyridine rings is 1. The van der Waals surface area contributed by atoms with Crippen molar-refractivity contribution in [2.45, 2.75) is 71.1 Å². The summed E-state index contributed by atoms with van der Waals surface area (Å²) in [4.78, 5) is 17.2. The van der Waals surface area contributed by atoms with E-state index in [1.807, 2.05) is 11.3 Å². The molecule has 1 radical (unpaired) electrons. The molecular formula is C41H40IrNO2S-. The van der Waals surface area contributed by atoms with Gasteiger partial charge in [0.05, 0.1) is 11.3 Å². The molecule has 0 aliphatic heterocycles. The average molecular weight is 803 g/mol. The van der Waals surface area contributed by atoms with Crippen LogP contribution in [0.1, 0.15) is 69.8 Å². The minimum absolute atomic E-state index is 0. The molecule has 2 heterocycles. The third-order valence-corrected chi connectivity index (χ3v) is 11.1. The maximum Gasteiger partial charge on any atom is 0.162 e. The number of ketones is 1. The Morgan fingerprint density at radius 2 is 1.41 bits per heavy atom. The molecule has 6 aromatic rings. The molecule has 46 heavy (non-hydrogen) atoms. The van der Waals surface area contributed by atoms with Gasteiger partial charge in [-0.2, -0.15) is 0 Å². The monoisotopic (exact) mass is 803 g/mol. The molecule has 8 rings (SSSR count). The minimum atomic E-state index is 0. The summed E-state index contributed by atoms with van der Waals surface area (Å²) in [5, 5.41) is 16.2. The second-order valence-corrected chi connectivity index (χ2v) is 13.8. The van der Waals surface area contributed by atoms with Crippen molar-refractivity contribution in [3.8, 4) is 11.3 Å². The number of allylic oxidation sites excluding steroid dienone is 2. The second kappa shape index (κ2) is 14.6. The molecule has 0 amide bonds. The standard InChI is InChI=1S/C26H16NS.C15H24O2.Ir/c1-16-18-9-3-2-8-17(18)14-15-19(16)25-24-21-11-5-7-13-23(21)28-26(24)20-10-4-6-12-22(20)27-25;16-14(12-7-3-1-4-8-12)11-15(17)13-9-5-2-6-10-13;/h2-14H,1H3;11-13,16H,1-10H2;/q-1;;/b;14-11-;. The molecule has 2 aromatic heterocycles. The third-order valence-electron chi connectivity index (χ3n) is 9.88. The van der Waals surface area contributed by atoms with Gasteiger partial charge in [-0.05, 0) is 54.3 Å². The van der Waals surface area contributed by atoms with Crippen LogP contribution in [0.5, 0.6) is 0 Å². The summed E-state index contributed by atoms with van der Waals surface area (Å²) in [6.45, 7) is 2.19. The first-order chi connectivity index (χ1) is 22.1. The van der Waals surface area contributed by atoms with E-state index in [-0.39, 0.29) is 37.7 Å². The molecule has 2 aliphatic carbocycles. The molecule has 4 aromatic carbocycles. The molecule has 1 N–H and O–H groups in total. The van der Waals surface area contributed by atoms with Crippen LogP contribution in [0.2, 0.25) is 0 Å². The minimum Gasteiger partial charge on any atom is -0.512 e. The molecule has 5 heteroatoms. The van der Waals surface area contributed by atoms with Gasteiger partial charge in [0.15, 0.2) is 5.78 Å². The third kappa shape index (κ3) is 6.56. The predicted molar refractivity (Wildman–Crippen MR) is 190 cm³/mol. The van der Waals surface area contributed by atoms with Gasteiger partial charge in [0.1, 0.15) is 0 Å². The summed E-state index contributed by atoms with van der Waals surface area (Å²) in [5.41, 5.74) is 4.40. The van der Waals surface area contributed by atoms with Crippen LogP contribution < -0.4 is 0 Å². The fourth-order valence-corrected chi connectivity index (χ4v) is 8.60. The number of nitrogens with zero attached hydrogens (tertiary/aromatic N) is 1. The number of carbonyl (C=O) groups excluding carboxylic acids is 1. The van der Waals surface area contributed by atoms with Crippen LogP contribution in [0.15, 0.2) is 90.7 Å². The number of carbonyl (C=O) groups is 1. The summed E-state index contributed by atoms with van der Waals surface area (Å²) in [5.74, 6) is 0.985. The van der Waals surface area contributed by atoms with Crippen LogP contribution in [0.4, 0.5) is 0 Å². The Hall–Kier alpha value is -3.37. The van der Waals surface area contributed by atoms with Crippen molar-refractivity contribution in [1.82, 2.24) is 4.98 Å². The number of aliphatic hydroxyl groups is 1. The molecular weight excluding hydrogens is 763 g/mol. The second-order valence-electron chi connectivity index (χ2n) is 12.8. The van der Waals surface area contributed by atoms with Gasteiger partial charge in [-0.1, -0.05) is 117 Å². The summed E-state index contributed by atoms with van der Waals surface area (Å²) in [7, 11) is 0. The van der Waals surface area contributed by atoms with E-state index in [0.29, 0.717) is 5.76 Å². The van der Waals surface area contributed by atoms with Crippen LogP contribution >= 0.6 is 11.3 Å². The Bertz CT molecular complexity index is 2030. The smallest absolute Gasteiger partial charge is 0.162 e. The molecule has 2 saturated carbocycles. The topological polar surface area (TPSA) is 50.2 Å². The maximum atomic E-state index is 12.0. The first-order valence-electron chi connectivity index (χ1n) is 16.6. The van der Waals surface area contributed by atoms with Crippen molar-refractivity contribution in [2.24, 2.45) is 11.8 Å². The number of aromatic nitrogens is 1. The van der Waals surface area contributed by atoms with E-state index >= 15 is 0 Å². The van der Waals surface area contributed by atoms with Gasteiger partial charge in [-0.3, -0.25) is 9.78 Å². The molecule has 0 atom stereocenters. The number of benzene rings is 4. The zero-order chi connectivity index (χ0) is 30.8. The number of rotatable bonds is 4. The van der Waals surface area contributed by atoms with Crippen molar-refractivity contribution in [2.75, 3.05) is 0 Å². The van der Waals surface area contributed by atoms with Crippen LogP contribution in [0.25, 0.3) is 53.1 Å². The molecule has 2 fully saturated rings. The predicted octanol–water partition coefficient (Wildman–Crippen LogP) is 11.7. The van der Waals surface area contributed by atoms with E-state index in [9.17, 15) is 9.90 Å². The van der Waals surface area contributed by atoms with Crippen molar-refractivity contribution < 1.29 is 30.0 Å². The van der Waals surface area contributed by atoms with Crippen LogP contribution in [0, 0.1) is 24.8 Å². The Morgan fingerprint density at radius 3 is 2.15 bits per heavy atom. The van der Waals surface area contributed by atoms with Gasteiger partial charge < -0.3 is 5.11 Å². The van der Waals surface area contributed by atoms with E-state index in [4.69, 9.17) is 4.98 Å². The van der Waals surface area contributed by atoms with Gasteiger partial charge in [0.25, 0.3) is 0 Å². The molecule has 0 spiro atoms. The molecule has 237 valence electrons. The first kappa shape index (κ1) is 32.6. The van der Waals surface area contributed by atoms with E-state index in [2.05, 4.69) is 91.9 Å². The summed E-state index contributed by atoms with van der Waals surface area (Å²) in [6.07, 6.45) is 13.0. The number of thiophene rings is 1. The summed E-state index contributed by atoms with van der Waals surface area (Å²) in [6, 6.07) is 31.2.